The topological polar surface area (TPSA) is 23.8 Å². The van der Waals surface area contributed by atoms with Gasteiger partial charge in [-0.15, -0.1) is 6.58 Å². The largest absolute Gasteiger partial charge is 0.192 e. The Balaban J connectivity index is 2.10. The van der Waals surface area contributed by atoms with E-state index in [1.54, 1.807) is 0 Å². The Morgan fingerprint density at radius 2 is 1.90 bits per heavy atom. The minimum absolute atomic E-state index is 0.582. The van der Waals surface area contributed by atoms with Crippen LogP contribution in [0.1, 0.15) is 62.5 Å². The molecule has 1 nitrogen and oxygen atoms in total. The summed E-state index contributed by atoms with van der Waals surface area (Å²) in [5, 5.41) is 8.91. The highest BCUT2D eigenvalue weighted by atomic mass is 14.3. The molecular formula is C19H25N. The molecule has 0 amide bonds. The van der Waals surface area contributed by atoms with E-state index in [-0.39, 0.29) is 0 Å². The fraction of sp³-hybridized carbons (Fsp3) is 0.526. The first kappa shape index (κ1) is 14.9. The third-order valence-corrected chi connectivity index (χ3v) is 4.93. The monoisotopic (exact) mass is 267 g/mol. The number of hydrogen-bond acceptors (Lipinski definition) is 1. The van der Waals surface area contributed by atoms with Gasteiger partial charge in [0.15, 0.2) is 0 Å². The van der Waals surface area contributed by atoms with E-state index in [0.29, 0.717) is 5.92 Å². The molecule has 1 unspecified atom stereocenters. The first-order chi connectivity index (χ1) is 9.78. The van der Waals surface area contributed by atoms with Crippen LogP contribution in [0.5, 0.6) is 0 Å². The average Bonchev–Trinajstić information content (AvgIpc) is 2.53. The smallest absolute Gasteiger partial charge is 0.0991 e. The molecule has 0 radical (unpaired) electrons. The van der Waals surface area contributed by atoms with Crippen LogP contribution >= 0.6 is 0 Å². The molecule has 1 fully saturated rings. The first-order valence-corrected chi connectivity index (χ1v) is 7.89. The summed E-state index contributed by atoms with van der Waals surface area (Å²) in [6, 6.07) is 10.4. The molecule has 2 rings (SSSR count). The lowest BCUT2D eigenvalue weighted by Crippen LogP contribution is -2.20. The zero-order chi connectivity index (χ0) is 14.4. The normalized spacial score (nSPS) is 23.8. The van der Waals surface area contributed by atoms with Gasteiger partial charge in [-0.3, -0.25) is 0 Å². The van der Waals surface area contributed by atoms with E-state index < -0.39 is 0 Å². The molecule has 0 saturated heterocycles. The molecule has 1 saturated carbocycles. The molecule has 1 aliphatic rings. The maximum atomic E-state index is 8.91. The van der Waals surface area contributed by atoms with Gasteiger partial charge in [0.2, 0.25) is 0 Å². The Morgan fingerprint density at radius 1 is 1.25 bits per heavy atom. The predicted octanol–water partition coefficient (Wildman–Crippen LogP) is 5.43. The van der Waals surface area contributed by atoms with Crippen LogP contribution in [-0.4, -0.2) is 0 Å². The van der Waals surface area contributed by atoms with Crippen molar-refractivity contribution < 1.29 is 0 Å². The molecule has 1 atom stereocenters. The van der Waals surface area contributed by atoms with E-state index in [2.05, 4.69) is 37.8 Å². The Hall–Kier alpha value is -1.55. The van der Waals surface area contributed by atoms with Crippen molar-refractivity contribution in [2.24, 2.45) is 11.8 Å². The van der Waals surface area contributed by atoms with Gasteiger partial charge >= 0.3 is 0 Å². The lowest BCUT2D eigenvalue weighted by atomic mass is 9.72. The Kier molecular flexibility index (Phi) is 5.41. The van der Waals surface area contributed by atoms with Crippen LogP contribution in [0.2, 0.25) is 0 Å². The van der Waals surface area contributed by atoms with Crippen LogP contribution in [0.25, 0.3) is 0 Å². The molecule has 0 aliphatic heterocycles. The molecular weight excluding hydrogens is 242 g/mol. The number of benzene rings is 1. The highest BCUT2D eigenvalue weighted by Crippen LogP contribution is 2.40. The van der Waals surface area contributed by atoms with Crippen molar-refractivity contribution in [3.05, 3.63) is 48.0 Å². The van der Waals surface area contributed by atoms with Gasteiger partial charge in [-0.05, 0) is 54.7 Å². The van der Waals surface area contributed by atoms with Crippen molar-refractivity contribution in [1.29, 1.82) is 5.26 Å². The highest BCUT2D eigenvalue weighted by Gasteiger charge is 2.27. The van der Waals surface area contributed by atoms with Gasteiger partial charge < -0.3 is 0 Å². The average molecular weight is 267 g/mol. The second-order valence-corrected chi connectivity index (χ2v) is 6.05. The fourth-order valence-corrected chi connectivity index (χ4v) is 3.58. The number of nitriles is 1. The van der Waals surface area contributed by atoms with Gasteiger partial charge in [-0.1, -0.05) is 44.4 Å². The lowest BCUT2D eigenvalue weighted by molar-refractivity contribution is 0.238. The van der Waals surface area contributed by atoms with E-state index in [1.807, 2.05) is 12.1 Å². The van der Waals surface area contributed by atoms with E-state index >= 15 is 0 Å². The fourth-order valence-electron chi connectivity index (χ4n) is 3.58. The van der Waals surface area contributed by atoms with Crippen LogP contribution in [0.4, 0.5) is 0 Å². The highest BCUT2D eigenvalue weighted by molar-refractivity contribution is 5.33. The van der Waals surface area contributed by atoms with Crippen molar-refractivity contribution in [2.45, 2.75) is 51.4 Å². The van der Waals surface area contributed by atoms with E-state index in [9.17, 15) is 0 Å². The van der Waals surface area contributed by atoms with E-state index in [4.69, 9.17) is 5.26 Å². The second kappa shape index (κ2) is 7.29. The van der Waals surface area contributed by atoms with Gasteiger partial charge in [-0.2, -0.15) is 5.26 Å². The van der Waals surface area contributed by atoms with E-state index in [0.717, 1.165) is 23.8 Å². The molecule has 1 aromatic carbocycles. The molecule has 1 heteroatoms. The molecule has 0 bridgehead atoms. The second-order valence-electron chi connectivity index (χ2n) is 6.05. The molecule has 0 spiro atoms. The zero-order valence-electron chi connectivity index (χ0n) is 12.5. The lowest BCUT2D eigenvalue weighted by Gasteiger charge is -2.33. The number of allylic oxidation sites excluding steroid dienone is 1. The summed E-state index contributed by atoms with van der Waals surface area (Å²) in [7, 11) is 0. The van der Waals surface area contributed by atoms with Crippen molar-refractivity contribution in [1.82, 2.24) is 0 Å². The van der Waals surface area contributed by atoms with Crippen LogP contribution in [-0.2, 0) is 0 Å². The first-order valence-electron chi connectivity index (χ1n) is 7.89. The molecule has 20 heavy (non-hydrogen) atoms. The Bertz CT molecular complexity index is 458. The molecule has 0 N–H and O–H groups in total. The molecule has 106 valence electrons. The Morgan fingerprint density at radius 3 is 2.40 bits per heavy atom. The number of rotatable bonds is 5. The minimum atomic E-state index is 0.582. The summed E-state index contributed by atoms with van der Waals surface area (Å²) in [4.78, 5) is 0. The molecule has 1 aromatic rings. The van der Waals surface area contributed by atoms with Crippen molar-refractivity contribution in [2.75, 3.05) is 0 Å². The van der Waals surface area contributed by atoms with Crippen molar-refractivity contribution in [3.8, 4) is 6.07 Å². The number of hydrogen-bond donors (Lipinski definition) is 0. The summed E-state index contributed by atoms with van der Waals surface area (Å²) in [5.74, 6) is 2.30. The predicted molar refractivity (Wildman–Crippen MR) is 84.5 cm³/mol. The molecule has 0 heterocycles. The molecule has 1 aliphatic carbocycles. The minimum Gasteiger partial charge on any atom is -0.192 e. The zero-order valence-corrected chi connectivity index (χ0v) is 12.5. The summed E-state index contributed by atoms with van der Waals surface area (Å²) < 4.78 is 0. The maximum absolute atomic E-state index is 8.91. The maximum Gasteiger partial charge on any atom is 0.0991 e. The summed E-state index contributed by atoms with van der Waals surface area (Å²) in [6.45, 7) is 6.25. The Labute approximate surface area is 123 Å². The van der Waals surface area contributed by atoms with Crippen LogP contribution < -0.4 is 0 Å². The summed E-state index contributed by atoms with van der Waals surface area (Å²) in [5.41, 5.74) is 2.13. The quantitative estimate of drug-likeness (QED) is 0.652. The summed E-state index contributed by atoms with van der Waals surface area (Å²) in [6.07, 6.45) is 9.88. The standard InChI is InChI=1S/C19H25N/c1-3-5-19(17-10-6-15(4-2)7-11-17)18-12-8-16(14-20)9-13-18/h3,8-9,12-13,15,17,19H,1,4-7,10-11H2,2H3/t15-,17-,19?. The van der Waals surface area contributed by atoms with E-state index in [1.165, 1.54) is 37.7 Å². The number of nitrogens with zero attached hydrogens (tertiary/aromatic N) is 1. The van der Waals surface area contributed by atoms with Crippen LogP contribution in [0.15, 0.2) is 36.9 Å². The molecule has 0 aromatic heterocycles. The summed E-state index contributed by atoms with van der Waals surface area (Å²) >= 11 is 0. The third-order valence-electron chi connectivity index (χ3n) is 4.93. The van der Waals surface area contributed by atoms with Crippen LogP contribution in [0, 0.1) is 23.2 Å². The van der Waals surface area contributed by atoms with Gasteiger partial charge in [0, 0.05) is 0 Å². The van der Waals surface area contributed by atoms with Crippen LogP contribution in [0.3, 0.4) is 0 Å². The van der Waals surface area contributed by atoms with Gasteiger partial charge in [0.1, 0.15) is 0 Å². The van der Waals surface area contributed by atoms with Gasteiger partial charge in [0.25, 0.3) is 0 Å². The van der Waals surface area contributed by atoms with Crippen molar-refractivity contribution in [3.63, 3.8) is 0 Å². The van der Waals surface area contributed by atoms with Crippen molar-refractivity contribution >= 4 is 0 Å². The SMILES string of the molecule is C=CCC(c1ccc(C#N)cc1)[C@H]1CC[C@H](CC)CC1. The van der Waals surface area contributed by atoms with Gasteiger partial charge in [-0.25, -0.2) is 0 Å². The van der Waals surface area contributed by atoms with Gasteiger partial charge in [0.05, 0.1) is 11.6 Å². The third kappa shape index (κ3) is 3.51.